The first-order valence-corrected chi connectivity index (χ1v) is 6.32. The number of anilines is 1. The third-order valence-corrected chi connectivity index (χ3v) is 3.17. The molecule has 0 unspecified atom stereocenters. The average molecular weight is 311 g/mol. The van der Waals surface area contributed by atoms with Crippen LogP contribution in [-0.2, 0) is 0 Å². The number of hydrogen-bond acceptors (Lipinski definition) is 4. The van der Waals surface area contributed by atoms with E-state index in [0.717, 1.165) is 0 Å². The Balaban J connectivity index is 2.12. The van der Waals surface area contributed by atoms with Gasteiger partial charge < -0.3 is 14.9 Å². The average Bonchev–Trinajstić information content (AvgIpc) is 2.82. The summed E-state index contributed by atoms with van der Waals surface area (Å²) in [4.78, 5) is 4.22. The van der Waals surface area contributed by atoms with Crippen LogP contribution in [0.2, 0.25) is 5.02 Å². The van der Waals surface area contributed by atoms with E-state index in [4.69, 9.17) is 21.8 Å². The van der Waals surface area contributed by atoms with Crippen molar-refractivity contribution in [2.75, 3.05) is 5.73 Å². The SMILES string of the molecule is Nc1cc2oc(-c3ccccc3OC(F)F)nc2cc1Cl. The number of benzene rings is 2. The maximum absolute atomic E-state index is 12.4. The predicted octanol–water partition coefficient (Wildman–Crippen LogP) is 4.33. The van der Waals surface area contributed by atoms with Crippen molar-refractivity contribution in [2.45, 2.75) is 6.61 Å². The Morgan fingerprint density at radius 1 is 1.24 bits per heavy atom. The number of nitrogens with zero attached hydrogens (tertiary/aromatic N) is 1. The molecule has 0 saturated carbocycles. The zero-order valence-corrected chi connectivity index (χ0v) is 11.3. The largest absolute Gasteiger partial charge is 0.436 e. The molecule has 0 fully saturated rings. The zero-order valence-electron chi connectivity index (χ0n) is 10.5. The van der Waals surface area contributed by atoms with Gasteiger partial charge in [0, 0.05) is 6.07 Å². The van der Waals surface area contributed by atoms with Gasteiger partial charge in [-0.2, -0.15) is 8.78 Å². The van der Waals surface area contributed by atoms with Crippen LogP contribution in [0.15, 0.2) is 40.8 Å². The lowest BCUT2D eigenvalue weighted by Gasteiger charge is -2.07. The molecule has 0 aliphatic carbocycles. The molecular formula is C14H9ClF2N2O2. The maximum Gasteiger partial charge on any atom is 0.387 e. The van der Waals surface area contributed by atoms with Crippen LogP contribution in [0.25, 0.3) is 22.6 Å². The summed E-state index contributed by atoms with van der Waals surface area (Å²) in [6, 6.07) is 9.33. The molecule has 0 aliphatic heterocycles. The number of nitrogen functional groups attached to an aromatic ring is 1. The number of alkyl halides is 2. The van der Waals surface area contributed by atoms with Crippen molar-refractivity contribution in [3.63, 3.8) is 0 Å². The van der Waals surface area contributed by atoms with Gasteiger partial charge in [-0.15, -0.1) is 0 Å². The summed E-state index contributed by atoms with van der Waals surface area (Å²) >= 11 is 5.91. The highest BCUT2D eigenvalue weighted by atomic mass is 35.5. The maximum atomic E-state index is 12.4. The normalized spacial score (nSPS) is 11.2. The number of ether oxygens (including phenoxy) is 1. The van der Waals surface area contributed by atoms with Crippen molar-refractivity contribution < 1.29 is 17.9 Å². The van der Waals surface area contributed by atoms with Crippen molar-refractivity contribution >= 4 is 28.4 Å². The third kappa shape index (κ3) is 2.62. The summed E-state index contributed by atoms with van der Waals surface area (Å²) in [7, 11) is 0. The molecule has 2 N–H and O–H groups in total. The molecule has 1 heterocycles. The summed E-state index contributed by atoms with van der Waals surface area (Å²) in [6.45, 7) is -2.93. The molecule has 108 valence electrons. The number of hydrogen-bond donors (Lipinski definition) is 1. The summed E-state index contributed by atoms with van der Waals surface area (Å²) in [5, 5.41) is 0.347. The van der Waals surface area contributed by atoms with Gasteiger partial charge in [0.2, 0.25) is 5.89 Å². The van der Waals surface area contributed by atoms with E-state index >= 15 is 0 Å². The van der Waals surface area contributed by atoms with E-state index in [0.29, 0.717) is 27.4 Å². The Morgan fingerprint density at radius 3 is 2.76 bits per heavy atom. The molecule has 0 spiro atoms. The molecule has 3 aromatic rings. The minimum atomic E-state index is -2.93. The van der Waals surface area contributed by atoms with E-state index in [9.17, 15) is 8.78 Å². The Morgan fingerprint density at radius 2 is 2.00 bits per heavy atom. The van der Waals surface area contributed by atoms with E-state index in [1.165, 1.54) is 12.1 Å². The fourth-order valence-electron chi connectivity index (χ4n) is 1.92. The lowest BCUT2D eigenvalue weighted by Crippen LogP contribution is -2.02. The van der Waals surface area contributed by atoms with E-state index < -0.39 is 6.61 Å². The van der Waals surface area contributed by atoms with Crippen molar-refractivity contribution in [1.29, 1.82) is 0 Å². The Bertz CT molecular complexity index is 766. The minimum Gasteiger partial charge on any atom is -0.436 e. The zero-order chi connectivity index (χ0) is 15.0. The topological polar surface area (TPSA) is 61.3 Å². The molecular weight excluding hydrogens is 302 g/mol. The smallest absolute Gasteiger partial charge is 0.387 e. The fourth-order valence-corrected chi connectivity index (χ4v) is 2.08. The van der Waals surface area contributed by atoms with Crippen molar-refractivity contribution in [2.24, 2.45) is 0 Å². The highest BCUT2D eigenvalue weighted by molar-refractivity contribution is 6.33. The van der Waals surface area contributed by atoms with E-state index in [1.54, 1.807) is 24.3 Å². The lowest BCUT2D eigenvalue weighted by atomic mass is 10.2. The summed E-state index contributed by atoms with van der Waals surface area (Å²) < 4.78 is 34.8. The van der Waals surface area contributed by atoms with Gasteiger partial charge >= 0.3 is 6.61 Å². The lowest BCUT2D eigenvalue weighted by molar-refractivity contribution is -0.0495. The van der Waals surface area contributed by atoms with Crippen LogP contribution in [0.5, 0.6) is 5.75 Å². The van der Waals surface area contributed by atoms with Gasteiger partial charge in [0.15, 0.2) is 5.58 Å². The molecule has 21 heavy (non-hydrogen) atoms. The van der Waals surface area contributed by atoms with Crippen molar-refractivity contribution in [1.82, 2.24) is 4.98 Å². The molecule has 0 bridgehead atoms. The number of aromatic nitrogens is 1. The first-order chi connectivity index (χ1) is 10.0. The molecule has 7 heteroatoms. The molecule has 4 nitrogen and oxygen atoms in total. The summed E-state index contributed by atoms with van der Waals surface area (Å²) in [6.07, 6.45) is 0. The number of rotatable bonds is 3. The monoisotopic (exact) mass is 310 g/mol. The molecule has 0 saturated heterocycles. The molecule has 0 radical (unpaired) electrons. The van der Waals surface area contributed by atoms with Crippen LogP contribution in [-0.4, -0.2) is 11.6 Å². The van der Waals surface area contributed by atoms with Gasteiger partial charge in [-0.3, -0.25) is 0 Å². The van der Waals surface area contributed by atoms with Crippen LogP contribution in [0, 0.1) is 0 Å². The standard InChI is InChI=1S/C14H9ClF2N2O2/c15-8-5-10-12(6-9(8)18)20-13(19-10)7-3-1-2-4-11(7)21-14(16)17/h1-6,14H,18H2. The highest BCUT2D eigenvalue weighted by Crippen LogP contribution is 2.34. The van der Waals surface area contributed by atoms with Crippen LogP contribution in [0.4, 0.5) is 14.5 Å². The molecule has 0 amide bonds. The van der Waals surface area contributed by atoms with E-state index in [-0.39, 0.29) is 11.6 Å². The van der Waals surface area contributed by atoms with Crippen molar-refractivity contribution in [3.05, 3.63) is 41.4 Å². The van der Waals surface area contributed by atoms with Crippen LogP contribution in [0.3, 0.4) is 0 Å². The molecule has 1 aromatic heterocycles. The second-order valence-electron chi connectivity index (χ2n) is 4.24. The van der Waals surface area contributed by atoms with Gasteiger partial charge in [-0.1, -0.05) is 23.7 Å². The number of oxazole rings is 1. The van der Waals surface area contributed by atoms with Crippen LogP contribution < -0.4 is 10.5 Å². The van der Waals surface area contributed by atoms with Crippen LogP contribution in [0.1, 0.15) is 0 Å². The van der Waals surface area contributed by atoms with Crippen molar-refractivity contribution in [3.8, 4) is 17.2 Å². The van der Waals surface area contributed by atoms with Gasteiger partial charge in [-0.05, 0) is 18.2 Å². The van der Waals surface area contributed by atoms with E-state index in [2.05, 4.69) is 9.72 Å². The Hall–Kier alpha value is -2.34. The summed E-state index contributed by atoms with van der Waals surface area (Å²) in [5.74, 6) is 0.140. The molecule has 3 rings (SSSR count). The fraction of sp³-hybridized carbons (Fsp3) is 0.0714. The number of fused-ring (bicyclic) bond motifs is 1. The van der Waals surface area contributed by atoms with Gasteiger partial charge in [0.25, 0.3) is 0 Å². The minimum absolute atomic E-state index is 0.0156. The summed E-state index contributed by atoms with van der Waals surface area (Å²) in [5.41, 5.74) is 7.26. The number of halogens is 3. The molecule has 2 aromatic carbocycles. The molecule has 0 aliphatic rings. The quantitative estimate of drug-likeness (QED) is 0.731. The predicted molar refractivity (Wildman–Crippen MR) is 75.5 cm³/mol. The second-order valence-corrected chi connectivity index (χ2v) is 4.64. The second kappa shape index (κ2) is 5.21. The Kier molecular flexibility index (Phi) is 3.39. The van der Waals surface area contributed by atoms with E-state index in [1.807, 2.05) is 0 Å². The highest BCUT2D eigenvalue weighted by Gasteiger charge is 2.16. The van der Waals surface area contributed by atoms with Gasteiger partial charge in [-0.25, -0.2) is 4.98 Å². The first kappa shape index (κ1) is 13.6. The number of nitrogens with two attached hydrogens (primary N) is 1. The van der Waals surface area contributed by atoms with Crippen LogP contribution >= 0.6 is 11.6 Å². The van der Waals surface area contributed by atoms with Gasteiger partial charge in [0.1, 0.15) is 11.3 Å². The third-order valence-electron chi connectivity index (χ3n) is 2.84. The number of para-hydroxylation sites is 1. The first-order valence-electron chi connectivity index (χ1n) is 5.94. The Labute approximate surface area is 123 Å². The van der Waals surface area contributed by atoms with Gasteiger partial charge in [0.05, 0.1) is 16.3 Å². The molecule has 0 atom stereocenters.